The highest BCUT2D eigenvalue weighted by Crippen LogP contribution is 2.18. The Kier molecular flexibility index (Phi) is 4.37. The minimum absolute atomic E-state index is 0.285. The van der Waals surface area contributed by atoms with Gasteiger partial charge < -0.3 is 0 Å². The number of hydrogen-bond acceptors (Lipinski definition) is 5. The Morgan fingerprint density at radius 3 is 2.48 bits per heavy atom. The molecule has 2 rings (SSSR count). The van der Waals surface area contributed by atoms with Crippen molar-refractivity contribution < 1.29 is 4.79 Å². The second-order valence-electron chi connectivity index (χ2n) is 4.70. The fourth-order valence-electron chi connectivity index (χ4n) is 1.83. The third-order valence-corrected chi connectivity index (χ3v) is 3.33. The molecule has 0 aliphatic carbocycles. The highest BCUT2D eigenvalue weighted by molar-refractivity contribution is 6.30. The van der Waals surface area contributed by atoms with Crippen LogP contribution in [0.3, 0.4) is 0 Å². The molecule has 110 valence electrons. The molecule has 21 heavy (non-hydrogen) atoms. The van der Waals surface area contributed by atoms with Crippen molar-refractivity contribution in [3.8, 4) is 0 Å². The molecule has 2 N–H and O–H groups in total. The minimum atomic E-state index is -0.285. The monoisotopic (exact) mass is 305 g/mol. The number of hydrogen-bond donors (Lipinski definition) is 2. The maximum atomic E-state index is 12.1. The molecule has 0 spiro atoms. The van der Waals surface area contributed by atoms with Gasteiger partial charge in [-0.05, 0) is 39.8 Å². The summed E-state index contributed by atoms with van der Waals surface area (Å²) in [6, 6.07) is 3.53. The molecular formula is C14H16ClN5O. The van der Waals surface area contributed by atoms with Crippen LogP contribution in [0.25, 0.3) is 0 Å². The maximum absolute atomic E-state index is 12.1. The number of aryl methyl sites for hydroxylation is 3. The van der Waals surface area contributed by atoms with Gasteiger partial charge in [-0.1, -0.05) is 11.6 Å². The van der Waals surface area contributed by atoms with E-state index >= 15 is 0 Å². The van der Waals surface area contributed by atoms with Gasteiger partial charge in [-0.2, -0.15) is 0 Å². The van der Waals surface area contributed by atoms with E-state index in [9.17, 15) is 4.79 Å². The molecule has 2 aromatic heterocycles. The van der Waals surface area contributed by atoms with Crippen LogP contribution in [-0.2, 0) is 0 Å². The van der Waals surface area contributed by atoms with E-state index in [4.69, 9.17) is 11.6 Å². The van der Waals surface area contributed by atoms with Gasteiger partial charge in [-0.25, -0.2) is 9.97 Å². The van der Waals surface area contributed by atoms with Gasteiger partial charge >= 0.3 is 0 Å². The Hall–Kier alpha value is -2.21. The predicted octanol–water partition coefficient (Wildman–Crippen LogP) is 2.52. The number of aromatic nitrogens is 3. The van der Waals surface area contributed by atoms with Crippen molar-refractivity contribution in [2.24, 2.45) is 0 Å². The lowest BCUT2D eigenvalue weighted by molar-refractivity contribution is 0.0961. The van der Waals surface area contributed by atoms with Crippen LogP contribution >= 0.6 is 11.6 Å². The van der Waals surface area contributed by atoms with Crippen LogP contribution in [0.5, 0.6) is 0 Å². The predicted molar refractivity (Wildman–Crippen MR) is 81.3 cm³/mol. The van der Waals surface area contributed by atoms with E-state index in [0.29, 0.717) is 33.6 Å². The molecule has 0 radical (unpaired) electrons. The van der Waals surface area contributed by atoms with Crippen LogP contribution in [0.4, 0.5) is 5.82 Å². The van der Waals surface area contributed by atoms with E-state index in [1.807, 2.05) is 6.92 Å². The molecule has 0 aliphatic rings. The maximum Gasteiger partial charge on any atom is 0.271 e. The van der Waals surface area contributed by atoms with Crippen molar-refractivity contribution in [1.29, 1.82) is 0 Å². The summed E-state index contributed by atoms with van der Waals surface area (Å²) in [6.07, 6.45) is 0. The summed E-state index contributed by atoms with van der Waals surface area (Å²) in [5.74, 6) is 0.709. The van der Waals surface area contributed by atoms with E-state index in [1.54, 1.807) is 32.9 Å². The summed E-state index contributed by atoms with van der Waals surface area (Å²) < 4.78 is 0. The van der Waals surface area contributed by atoms with Crippen LogP contribution in [0.2, 0.25) is 5.15 Å². The van der Waals surface area contributed by atoms with Crippen LogP contribution in [0, 0.1) is 27.7 Å². The number of anilines is 1. The third-order valence-electron chi connectivity index (χ3n) is 2.96. The van der Waals surface area contributed by atoms with Gasteiger partial charge in [-0.15, -0.1) is 0 Å². The SMILES string of the molecule is Cc1ccc(C(=O)NNc2nc(C)nc(Cl)c2C)c(C)n1. The molecule has 0 saturated carbocycles. The van der Waals surface area contributed by atoms with Gasteiger partial charge in [0.1, 0.15) is 11.0 Å². The van der Waals surface area contributed by atoms with Crippen LogP contribution in [0.1, 0.15) is 33.1 Å². The highest BCUT2D eigenvalue weighted by Gasteiger charge is 2.12. The Morgan fingerprint density at radius 2 is 1.81 bits per heavy atom. The molecule has 1 amide bonds. The molecule has 6 nitrogen and oxygen atoms in total. The van der Waals surface area contributed by atoms with E-state index in [1.165, 1.54) is 0 Å². The van der Waals surface area contributed by atoms with Gasteiger partial charge in [0.05, 0.1) is 11.3 Å². The largest absolute Gasteiger partial charge is 0.281 e. The molecule has 2 heterocycles. The number of carbonyl (C=O) groups excluding carboxylic acids is 1. The first kappa shape index (κ1) is 15.2. The third kappa shape index (κ3) is 3.46. The normalized spacial score (nSPS) is 10.3. The van der Waals surface area contributed by atoms with Gasteiger partial charge in [0, 0.05) is 11.3 Å². The van der Waals surface area contributed by atoms with E-state index in [0.717, 1.165) is 5.69 Å². The second-order valence-corrected chi connectivity index (χ2v) is 5.06. The first-order chi connectivity index (χ1) is 9.88. The van der Waals surface area contributed by atoms with E-state index in [-0.39, 0.29) is 5.91 Å². The zero-order chi connectivity index (χ0) is 15.6. The smallest absolute Gasteiger partial charge is 0.271 e. The fourth-order valence-corrected chi connectivity index (χ4v) is 2.04. The van der Waals surface area contributed by atoms with Crippen LogP contribution < -0.4 is 10.9 Å². The quantitative estimate of drug-likeness (QED) is 0.673. The van der Waals surface area contributed by atoms with Crippen LogP contribution in [0.15, 0.2) is 12.1 Å². The summed E-state index contributed by atoms with van der Waals surface area (Å²) >= 11 is 5.98. The van der Waals surface area contributed by atoms with Crippen molar-refractivity contribution in [2.75, 3.05) is 5.43 Å². The average Bonchev–Trinajstić information content (AvgIpc) is 2.40. The fraction of sp³-hybridized carbons (Fsp3) is 0.286. The number of nitrogens with zero attached hydrogens (tertiary/aromatic N) is 3. The summed E-state index contributed by atoms with van der Waals surface area (Å²) in [7, 11) is 0. The Morgan fingerprint density at radius 1 is 1.10 bits per heavy atom. The zero-order valence-electron chi connectivity index (χ0n) is 12.3. The Labute approximate surface area is 128 Å². The summed E-state index contributed by atoms with van der Waals surface area (Å²) in [5, 5.41) is 0.354. The number of nitrogens with one attached hydrogen (secondary N) is 2. The molecule has 0 atom stereocenters. The number of rotatable bonds is 3. The lowest BCUT2D eigenvalue weighted by Gasteiger charge is -2.12. The van der Waals surface area contributed by atoms with Crippen molar-refractivity contribution in [2.45, 2.75) is 27.7 Å². The molecule has 0 unspecified atom stereocenters. The summed E-state index contributed by atoms with van der Waals surface area (Å²) in [6.45, 7) is 7.17. The molecular weight excluding hydrogens is 290 g/mol. The molecule has 0 saturated heterocycles. The number of hydrazine groups is 1. The van der Waals surface area contributed by atoms with Gasteiger partial charge in [0.25, 0.3) is 5.91 Å². The van der Waals surface area contributed by atoms with Crippen molar-refractivity contribution in [3.05, 3.63) is 45.6 Å². The van der Waals surface area contributed by atoms with E-state index in [2.05, 4.69) is 25.8 Å². The number of halogens is 1. The number of carbonyl (C=O) groups is 1. The summed E-state index contributed by atoms with van der Waals surface area (Å²) in [4.78, 5) is 24.6. The topological polar surface area (TPSA) is 79.8 Å². The first-order valence-corrected chi connectivity index (χ1v) is 6.77. The molecule has 0 aromatic carbocycles. The molecule has 2 aromatic rings. The average molecular weight is 306 g/mol. The molecule has 7 heteroatoms. The lowest BCUT2D eigenvalue weighted by Crippen LogP contribution is -2.31. The van der Waals surface area contributed by atoms with E-state index < -0.39 is 0 Å². The minimum Gasteiger partial charge on any atom is -0.281 e. The van der Waals surface area contributed by atoms with Crippen molar-refractivity contribution >= 4 is 23.3 Å². The highest BCUT2D eigenvalue weighted by atomic mass is 35.5. The first-order valence-electron chi connectivity index (χ1n) is 6.40. The molecule has 0 fully saturated rings. The summed E-state index contributed by atoms with van der Waals surface area (Å²) in [5.41, 5.74) is 8.07. The Bertz CT molecular complexity index is 702. The van der Waals surface area contributed by atoms with Crippen LogP contribution in [-0.4, -0.2) is 20.9 Å². The Balaban J connectivity index is 2.15. The second kappa shape index (κ2) is 6.05. The van der Waals surface area contributed by atoms with Gasteiger partial charge in [-0.3, -0.25) is 20.6 Å². The van der Waals surface area contributed by atoms with Gasteiger partial charge in [0.15, 0.2) is 5.82 Å². The van der Waals surface area contributed by atoms with Gasteiger partial charge in [0.2, 0.25) is 0 Å². The molecule has 0 bridgehead atoms. The standard InChI is InChI=1S/C14H16ClN5O/c1-7-5-6-11(9(3)16-7)14(21)20-19-13-8(2)12(15)17-10(4)18-13/h5-6H,1-4H3,(H,20,21)(H,17,18,19). The number of amides is 1. The number of pyridine rings is 1. The molecule has 0 aliphatic heterocycles. The van der Waals surface area contributed by atoms with Crippen molar-refractivity contribution in [1.82, 2.24) is 20.4 Å². The lowest BCUT2D eigenvalue weighted by atomic mass is 10.2. The zero-order valence-corrected chi connectivity index (χ0v) is 13.0. The van der Waals surface area contributed by atoms with Crippen molar-refractivity contribution in [3.63, 3.8) is 0 Å².